The van der Waals surface area contributed by atoms with Gasteiger partial charge in [-0.05, 0) is 19.8 Å². The van der Waals surface area contributed by atoms with Crippen molar-refractivity contribution in [1.82, 2.24) is 0 Å². The average molecular weight is 306 g/mol. The number of hydrogen-bond donors (Lipinski definition) is 1. The first-order valence-electron chi connectivity index (χ1n) is 7.67. The lowest BCUT2D eigenvalue weighted by atomic mass is 9.54. The summed E-state index contributed by atoms with van der Waals surface area (Å²) in [5.41, 5.74) is 1.00. The van der Waals surface area contributed by atoms with Gasteiger partial charge in [-0.2, -0.15) is 0 Å². The van der Waals surface area contributed by atoms with Crippen LogP contribution >= 0.6 is 0 Å². The molecule has 0 spiro atoms. The molecule has 0 aromatic carbocycles. The molecule has 0 aromatic rings. The van der Waals surface area contributed by atoms with Gasteiger partial charge in [-0.15, -0.1) is 0 Å². The van der Waals surface area contributed by atoms with E-state index in [-0.39, 0.29) is 11.8 Å². The van der Waals surface area contributed by atoms with Gasteiger partial charge in [0, 0.05) is 23.8 Å². The van der Waals surface area contributed by atoms with Crippen LogP contribution in [0.15, 0.2) is 23.8 Å². The van der Waals surface area contributed by atoms with Gasteiger partial charge in [-0.3, -0.25) is 4.79 Å². The lowest BCUT2D eigenvalue weighted by Crippen LogP contribution is -2.57. The molecular formula is C17H22O5. The van der Waals surface area contributed by atoms with E-state index in [9.17, 15) is 14.7 Å². The first-order chi connectivity index (χ1) is 10.3. The summed E-state index contributed by atoms with van der Waals surface area (Å²) in [5.74, 6) is -1.22. The molecule has 1 N–H and O–H groups in total. The molecule has 2 fully saturated rings. The number of fused-ring (bicyclic) bond motifs is 3. The fraction of sp³-hybridized carbons (Fsp3) is 0.647. The molecular weight excluding hydrogens is 284 g/mol. The van der Waals surface area contributed by atoms with Crippen LogP contribution in [0.1, 0.15) is 33.6 Å². The van der Waals surface area contributed by atoms with Gasteiger partial charge < -0.3 is 14.6 Å². The molecule has 1 saturated carbocycles. The van der Waals surface area contributed by atoms with Gasteiger partial charge in [0.2, 0.25) is 0 Å². The lowest BCUT2D eigenvalue weighted by Gasteiger charge is -2.53. The van der Waals surface area contributed by atoms with Crippen LogP contribution in [0.25, 0.3) is 0 Å². The minimum Gasteiger partial charge on any atom is -0.462 e. The number of aliphatic hydroxyl groups is 1. The summed E-state index contributed by atoms with van der Waals surface area (Å²) in [6.07, 6.45) is 1.62. The van der Waals surface area contributed by atoms with Crippen molar-refractivity contribution < 1.29 is 24.2 Å². The third-order valence-corrected chi connectivity index (χ3v) is 5.57. The zero-order chi connectivity index (χ0) is 16.2. The quantitative estimate of drug-likeness (QED) is 0.454. The van der Waals surface area contributed by atoms with Gasteiger partial charge in [0.05, 0.1) is 12.0 Å². The van der Waals surface area contributed by atoms with E-state index in [1.165, 1.54) is 6.92 Å². The van der Waals surface area contributed by atoms with Gasteiger partial charge in [-0.1, -0.05) is 25.2 Å². The Balaban J connectivity index is 2.06. The Morgan fingerprint density at radius 1 is 1.55 bits per heavy atom. The number of aliphatic hydroxyl groups excluding tert-OH is 1. The minimum atomic E-state index is -0.548. The summed E-state index contributed by atoms with van der Waals surface area (Å²) in [5, 5.41) is 10.5. The minimum absolute atomic E-state index is 0.0729. The zero-order valence-corrected chi connectivity index (χ0v) is 13.2. The maximum Gasteiger partial charge on any atom is 0.334 e. The van der Waals surface area contributed by atoms with Gasteiger partial charge in [0.25, 0.3) is 0 Å². The Hall–Kier alpha value is -1.62. The molecule has 0 amide bonds. The van der Waals surface area contributed by atoms with E-state index in [4.69, 9.17) is 9.47 Å². The van der Waals surface area contributed by atoms with Crippen LogP contribution in [0, 0.1) is 17.3 Å². The van der Waals surface area contributed by atoms with E-state index in [0.29, 0.717) is 18.4 Å². The summed E-state index contributed by atoms with van der Waals surface area (Å²) in [7, 11) is 0. The molecule has 0 bridgehead atoms. The highest BCUT2D eigenvalue weighted by molar-refractivity contribution is 5.91. The molecule has 5 heteroatoms. The van der Waals surface area contributed by atoms with Crippen molar-refractivity contribution >= 4 is 11.9 Å². The van der Waals surface area contributed by atoms with Gasteiger partial charge in [0.1, 0.15) is 12.2 Å². The largest absolute Gasteiger partial charge is 0.462 e. The zero-order valence-electron chi connectivity index (χ0n) is 13.2. The molecule has 6 atom stereocenters. The maximum atomic E-state index is 12.0. The normalized spacial score (nSPS) is 43.8. The average Bonchev–Trinajstić information content (AvgIpc) is 2.70. The van der Waals surface area contributed by atoms with Crippen molar-refractivity contribution in [2.75, 3.05) is 0 Å². The highest BCUT2D eigenvalue weighted by atomic mass is 16.6. The molecule has 5 nitrogen and oxygen atoms in total. The molecule has 22 heavy (non-hydrogen) atoms. The SMILES string of the molecule is C=C1C(=O)O[C@H]2[C@H]1[C@H](OC(C)=O)C[C@@]1(C)[C@H](O)CC=C(C)[C@H]21. The predicted molar refractivity (Wildman–Crippen MR) is 78.7 cm³/mol. The number of ether oxygens (including phenoxy) is 2. The fourth-order valence-corrected chi connectivity index (χ4v) is 4.53. The van der Waals surface area contributed by atoms with Crippen LogP contribution in [0.4, 0.5) is 0 Å². The van der Waals surface area contributed by atoms with Crippen molar-refractivity contribution in [3.63, 3.8) is 0 Å². The molecule has 0 unspecified atom stereocenters. The first-order valence-corrected chi connectivity index (χ1v) is 7.67. The monoisotopic (exact) mass is 306 g/mol. The summed E-state index contributed by atoms with van der Waals surface area (Å²) < 4.78 is 11.0. The fourth-order valence-electron chi connectivity index (χ4n) is 4.53. The van der Waals surface area contributed by atoms with Gasteiger partial charge in [0.15, 0.2) is 0 Å². The highest BCUT2D eigenvalue weighted by Gasteiger charge is 2.61. The molecule has 120 valence electrons. The smallest absolute Gasteiger partial charge is 0.334 e. The maximum absolute atomic E-state index is 12.0. The van der Waals surface area contributed by atoms with Crippen LogP contribution in [0.5, 0.6) is 0 Å². The summed E-state index contributed by atoms with van der Waals surface area (Å²) >= 11 is 0. The van der Waals surface area contributed by atoms with E-state index in [0.717, 1.165) is 5.57 Å². The molecule has 0 radical (unpaired) electrons. The van der Waals surface area contributed by atoms with Crippen LogP contribution in [0.3, 0.4) is 0 Å². The van der Waals surface area contributed by atoms with Crippen molar-refractivity contribution in [3.05, 3.63) is 23.8 Å². The third-order valence-electron chi connectivity index (χ3n) is 5.57. The number of rotatable bonds is 1. The topological polar surface area (TPSA) is 72.8 Å². The van der Waals surface area contributed by atoms with Crippen molar-refractivity contribution in [1.29, 1.82) is 0 Å². The van der Waals surface area contributed by atoms with E-state index in [1.807, 2.05) is 19.9 Å². The number of carbonyl (C=O) groups is 2. The molecule has 1 aliphatic heterocycles. The Bertz CT molecular complexity index is 578. The molecule has 3 rings (SSSR count). The second-order valence-corrected chi connectivity index (χ2v) is 6.96. The number of hydrogen-bond acceptors (Lipinski definition) is 5. The second-order valence-electron chi connectivity index (χ2n) is 6.96. The van der Waals surface area contributed by atoms with Gasteiger partial charge >= 0.3 is 11.9 Å². The van der Waals surface area contributed by atoms with Crippen LogP contribution < -0.4 is 0 Å². The second kappa shape index (κ2) is 4.95. The predicted octanol–water partition coefficient (Wildman–Crippen LogP) is 1.75. The standard InChI is InChI=1S/C17H22O5/c1-8-5-6-12(19)17(4)7-11(21-10(3)18)13-9(2)16(20)22-15(13)14(8)17/h5,11-15,19H,2,6-7H2,1,3-4H3/t11-,12-,13-,14-,15+,17+/m1/s1. The van der Waals surface area contributed by atoms with E-state index in [1.54, 1.807) is 0 Å². The molecule has 0 aromatic heterocycles. The Morgan fingerprint density at radius 3 is 2.86 bits per heavy atom. The van der Waals surface area contributed by atoms with Crippen LogP contribution in [-0.4, -0.2) is 35.4 Å². The molecule has 2 aliphatic carbocycles. The van der Waals surface area contributed by atoms with Crippen molar-refractivity contribution in [3.8, 4) is 0 Å². The lowest BCUT2D eigenvalue weighted by molar-refractivity contribution is -0.173. The third kappa shape index (κ3) is 2.02. The molecule has 3 aliphatic rings. The van der Waals surface area contributed by atoms with Gasteiger partial charge in [-0.25, -0.2) is 4.79 Å². The Kier molecular flexibility index (Phi) is 3.44. The van der Waals surface area contributed by atoms with E-state index >= 15 is 0 Å². The number of carbonyl (C=O) groups excluding carboxylic acids is 2. The van der Waals surface area contributed by atoms with Crippen LogP contribution in [0.2, 0.25) is 0 Å². The molecule has 1 heterocycles. The molecule has 1 saturated heterocycles. The Morgan fingerprint density at radius 2 is 2.23 bits per heavy atom. The van der Waals surface area contributed by atoms with E-state index < -0.39 is 35.7 Å². The Labute approximate surface area is 130 Å². The highest BCUT2D eigenvalue weighted by Crippen LogP contribution is 2.56. The first kappa shape index (κ1) is 15.3. The van der Waals surface area contributed by atoms with Crippen molar-refractivity contribution in [2.45, 2.75) is 51.9 Å². The van der Waals surface area contributed by atoms with Crippen molar-refractivity contribution in [2.24, 2.45) is 17.3 Å². The van der Waals surface area contributed by atoms with Crippen LogP contribution in [-0.2, 0) is 19.1 Å². The summed E-state index contributed by atoms with van der Waals surface area (Å²) in [6, 6.07) is 0. The van der Waals surface area contributed by atoms with E-state index in [2.05, 4.69) is 6.58 Å². The summed E-state index contributed by atoms with van der Waals surface area (Å²) in [6.45, 7) is 9.18. The number of esters is 2. The summed E-state index contributed by atoms with van der Waals surface area (Å²) in [4.78, 5) is 23.4.